The van der Waals surface area contributed by atoms with Crippen LogP contribution in [0.1, 0.15) is 32.3 Å². The van der Waals surface area contributed by atoms with Gasteiger partial charge in [-0.15, -0.1) is 0 Å². The molecule has 2 aromatic rings. The molecule has 1 saturated heterocycles. The van der Waals surface area contributed by atoms with E-state index in [9.17, 15) is 31.1 Å². The van der Waals surface area contributed by atoms with Crippen LogP contribution in [0.3, 0.4) is 0 Å². The van der Waals surface area contributed by atoms with Gasteiger partial charge in [-0.05, 0) is 47.3 Å². The molecule has 2 N–H and O–H groups in total. The first-order chi connectivity index (χ1) is 17.0. The van der Waals surface area contributed by atoms with Gasteiger partial charge in [0.2, 0.25) is 16.0 Å². The van der Waals surface area contributed by atoms with Gasteiger partial charge in [0.15, 0.2) is 0 Å². The molecule has 0 radical (unpaired) electrons. The Labute approximate surface area is 213 Å². The molecule has 3 rings (SSSR count). The second-order valence-corrected chi connectivity index (χ2v) is 12.2. The van der Waals surface area contributed by atoms with Crippen LogP contribution in [0.2, 0.25) is 0 Å². The smallest absolute Gasteiger partial charge is 0.389 e. The third-order valence-electron chi connectivity index (χ3n) is 5.77. The van der Waals surface area contributed by atoms with Crippen molar-refractivity contribution in [2.45, 2.75) is 57.2 Å². The number of sulfonamides is 1. The molecule has 0 amide bonds. The minimum atomic E-state index is -4.75. The van der Waals surface area contributed by atoms with Crippen LogP contribution in [0.15, 0.2) is 18.6 Å². The number of aromatic nitrogens is 4. The van der Waals surface area contributed by atoms with E-state index in [0.29, 0.717) is 19.2 Å². The Balaban J connectivity index is 1.75. The fourth-order valence-corrected chi connectivity index (χ4v) is 5.50. The molecule has 0 aromatic carbocycles. The number of halogens is 4. The topological polar surface area (TPSA) is 116 Å². The molecule has 1 aliphatic heterocycles. The van der Waals surface area contributed by atoms with Crippen LogP contribution >= 0.6 is 0 Å². The van der Waals surface area contributed by atoms with Crippen LogP contribution in [-0.2, 0) is 22.7 Å². The van der Waals surface area contributed by atoms with Crippen LogP contribution in [0.4, 0.5) is 23.5 Å². The minimum Gasteiger partial charge on any atom is -0.389 e. The fraction of sp³-hybridized carbons (Fsp3) is 0.682. The number of hydrogen-bond acceptors (Lipinski definition) is 8. The van der Waals surface area contributed by atoms with Crippen molar-refractivity contribution in [3.05, 3.63) is 24.2 Å². The monoisotopic (exact) mass is 551 g/mol. The third kappa shape index (κ3) is 8.06. The van der Waals surface area contributed by atoms with Gasteiger partial charge in [-0.1, -0.05) is 0 Å². The lowest BCUT2D eigenvalue weighted by molar-refractivity contribution is -0.137. The van der Waals surface area contributed by atoms with E-state index in [4.69, 9.17) is 0 Å². The largest absolute Gasteiger partial charge is 0.419 e. The average Bonchev–Trinajstić information content (AvgIpc) is 3.20. The van der Waals surface area contributed by atoms with E-state index < -0.39 is 45.3 Å². The van der Waals surface area contributed by atoms with Gasteiger partial charge < -0.3 is 15.3 Å². The van der Waals surface area contributed by atoms with Gasteiger partial charge >= 0.3 is 6.18 Å². The number of piperidine rings is 1. The average molecular weight is 552 g/mol. The molecule has 10 nitrogen and oxygen atoms in total. The van der Waals surface area contributed by atoms with Crippen LogP contribution in [-0.4, -0.2) is 99.8 Å². The van der Waals surface area contributed by atoms with E-state index in [-0.39, 0.29) is 43.3 Å². The molecule has 0 saturated carbocycles. The van der Waals surface area contributed by atoms with E-state index in [2.05, 4.69) is 20.4 Å². The molecule has 0 unspecified atom stereocenters. The maximum absolute atomic E-state index is 15.0. The van der Waals surface area contributed by atoms with Crippen molar-refractivity contribution >= 4 is 16.0 Å². The summed E-state index contributed by atoms with van der Waals surface area (Å²) in [6.07, 6.45) is -2.70. The van der Waals surface area contributed by atoms with Crippen molar-refractivity contribution in [2.75, 3.05) is 44.8 Å². The van der Waals surface area contributed by atoms with Crippen LogP contribution in [0.5, 0.6) is 0 Å². The zero-order valence-corrected chi connectivity index (χ0v) is 22.0. The first kappa shape index (κ1) is 29.2. The van der Waals surface area contributed by atoms with Gasteiger partial charge in [0.25, 0.3) is 0 Å². The van der Waals surface area contributed by atoms with Crippen LogP contribution < -0.4 is 5.32 Å². The van der Waals surface area contributed by atoms with Gasteiger partial charge in [-0.25, -0.2) is 22.8 Å². The van der Waals surface area contributed by atoms with E-state index >= 15 is 0 Å². The molecule has 1 fully saturated rings. The number of nitrogens with zero attached hydrogens (tertiary/aromatic N) is 6. The molecular formula is C22H33F4N7O3S. The molecule has 1 aliphatic rings. The summed E-state index contributed by atoms with van der Waals surface area (Å²) in [5, 5.41) is 16.7. The third-order valence-corrected chi connectivity index (χ3v) is 7.69. The summed E-state index contributed by atoms with van der Waals surface area (Å²) in [5.74, 6) is -0.309. The Morgan fingerprint density at radius 2 is 1.95 bits per heavy atom. The number of anilines is 1. The lowest BCUT2D eigenvalue weighted by Gasteiger charge is -2.34. The molecule has 0 aliphatic carbocycles. The molecule has 15 heteroatoms. The highest BCUT2D eigenvalue weighted by atomic mass is 32.2. The first-order valence-corrected chi connectivity index (χ1v) is 13.4. The Morgan fingerprint density at radius 1 is 1.24 bits per heavy atom. The number of hydrogen-bond donors (Lipinski definition) is 2. The second-order valence-electron chi connectivity index (χ2n) is 10.1. The zero-order chi connectivity index (χ0) is 27.6. The van der Waals surface area contributed by atoms with Gasteiger partial charge in [0, 0.05) is 31.0 Å². The summed E-state index contributed by atoms with van der Waals surface area (Å²) >= 11 is 0. The van der Waals surface area contributed by atoms with E-state index in [1.54, 1.807) is 0 Å². The molecule has 2 aromatic heterocycles. The van der Waals surface area contributed by atoms with E-state index in [1.807, 2.05) is 19.0 Å². The van der Waals surface area contributed by atoms with Gasteiger partial charge in [-0.3, -0.25) is 4.68 Å². The van der Waals surface area contributed by atoms with Gasteiger partial charge in [-0.2, -0.15) is 22.6 Å². The summed E-state index contributed by atoms with van der Waals surface area (Å²) in [6, 6.07) is -0.879. The van der Waals surface area contributed by atoms with Gasteiger partial charge in [0.1, 0.15) is 11.7 Å². The highest BCUT2D eigenvalue weighted by Gasteiger charge is 2.38. The maximum atomic E-state index is 15.0. The van der Waals surface area contributed by atoms with Crippen molar-refractivity contribution in [3.8, 4) is 11.3 Å². The highest BCUT2D eigenvalue weighted by Crippen LogP contribution is 2.36. The highest BCUT2D eigenvalue weighted by molar-refractivity contribution is 7.89. The Hall–Kier alpha value is -2.36. The molecule has 208 valence electrons. The van der Waals surface area contributed by atoms with Crippen molar-refractivity contribution in [3.63, 3.8) is 0 Å². The summed E-state index contributed by atoms with van der Waals surface area (Å²) in [4.78, 5) is 9.61. The van der Waals surface area contributed by atoms with E-state index in [0.717, 1.165) is 4.31 Å². The number of nitrogens with one attached hydrogen (secondary N) is 1. The lowest BCUT2D eigenvalue weighted by atomic mass is 10.1. The summed E-state index contributed by atoms with van der Waals surface area (Å²) in [5.41, 5.74) is -2.61. The lowest BCUT2D eigenvalue weighted by Crippen LogP contribution is -2.50. The Kier molecular flexibility index (Phi) is 8.82. The maximum Gasteiger partial charge on any atom is 0.419 e. The summed E-state index contributed by atoms with van der Waals surface area (Å²) in [7, 11) is 0.0345. The normalized spacial score (nSPS) is 19.9. The zero-order valence-electron chi connectivity index (χ0n) is 21.2. The van der Waals surface area contributed by atoms with Crippen molar-refractivity contribution in [2.24, 2.45) is 0 Å². The van der Waals surface area contributed by atoms with E-state index in [1.165, 1.54) is 30.9 Å². The Bertz CT molecular complexity index is 1170. The van der Waals surface area contributed by atoms with Gasteiger partial charge in [0.05, 0.1) is 35.8 Å². The van der Waals surface area contributed by atoms with Crippen LogP contribution in [0, 0.1) is 0 Å². The predicted octanol–water partition coefficient (Wildman–Crippen LogP) is 2.24. The molecular weight excluding hydrogens is 518 g/mol. The first-order valence-electron chi connectivity index (χ1n) is 11.8. The van der Waals surface area contributed by atoms with Crippen LogP contribution in [0.25, 0.3) is 11.3 Å². The molecule has 0 spiro atoms. The molecule has 37 heavy (non-hydrogen) atoms. The quantitative estimate of drug-likeness (QED) is 0.432. The van der Waals surface area contributed by atoms with Crippen molar-refractivity contribution < 1.29 is 31.1 Å². The minimum absolute atomic E-state index is 0.0463. The predicted molar refractivity (Wildman–Crippen MR) is 130 cm³/mol. The number of rotatable bonds is 10. The van der Waals surface area contributed by atoms with Crippen molar-refractivity contribution in [1.29, 1.82) is 0 Å². The SMILES string of the molecule is CN(C)CCCS(=O)(=O)N1CC[C@H](Nc2ncc(C(F)(F)F)c(-c3cnn(CC(C)(C)O)c3)n2)[C@H](F)C1. The standard InChI is InChI=1S/C22H33F4N7O3S/c1-21(2,34)14-32-12-15(10-28-32)19-16(22(24,25)26)11-27-20(30-19)29-18-6-8-33(13-17(18)23)37(35,36)9-5-7-31(3)4/h10-12,17-18,34H,5-9,13-14H2,1-4H3,(H,27,29,30)/t17-,18+/m1/s1. The molecule has 3 heterocycles. The Morgan fingerprint density at radius 3 is 2.54 bits per heavy atom. The number of aliphatic hydroxyl groups is 1. The summed E-state index contributed by atoms with van der Waals surface area (Å²) < 4.78 is 83.5. The fourth-order valence-electron chi connectivity index (χ4n) is 4.00. The van der Waals surface area contributed by atoms with Crippen molar-refractivity contribution in [1.82, 2.24) is 29.0 Å². The summed E-state index contributed by atoms with van der Waals surface area (Å²) in [6.45, 7) is 3.41. The molecule has 2 atom stereocenters. The second kappa shape index (κ2) is 11.2. The number of alkyl halides is 4. The molecule has 0 bridgehead atoms.